The monoisotopic (exact) mass is 324 g/mol. The molecule has 0 atom stereocenters. The summed E-state index contributed by atoms with van der Waals surface area (Å²) in [6.07, 6.45) is 0.565. The summed E-state index contributed by atoms with van der Waals surface area (Å²) in [5.74, 6) is -0.589. The van der Waals surface area contributed by atoms with E-state index in [0.717, 1.165) is 4.31 Å². The van der Waals surface area contributed by atoms with Crippen LogP contribution < -0.4 is 0 Å². The molecule has 0 fully saturated rings. The maximum absolute atomic E-state index is 12.8. The first kappa shape index (κ1) is 18.1. The van der Waals surface area contributed by atoms with E-state index < -0.39 is 16.0 Å². The van der Waals surface area contributed by atoms with Crippen molar-refractivity contribution in [1.29, 1.82) is 5.26 Å². The zero-order valence-corrected chi connectivity index (χ0v) is 13.8. The smallest absolute Gasteiger partial charge is 0.321 e. The molecule has 1 aromatic carbocycles. The molecule has 22 heavy (non-hydrogen) atoms. The number of hydrogen-bond donors (Lipinski definition) is 0. The van der Waals surface area contributed by atoms with E-state index in [4.69, 9.17) is 10.00 Å². The highest BCUT2D eigenvalue weighted by Gasteiger charge is 2.28. The van der Waals surface area contributed by atoms with Crippen LogP contribution in [0.25, 0.3) is 0 Å². The molecule has 0 saturated carbocycles. The third-order valence-electron chi connectivity index (χ3n) is 3.02. The first-order valence-electron chi connectivity index (χ1n) is 7.03. The fourth-order valence-electron chi connectivity index (χ4n) is 1.97. The molecule has 0 unspecified atom stereocenters. The van der Waals surface area contributed by atoms with Crippen molar-refractivity contribution in [1.82, 2.24) is 4.31 Å². The number of carbonyl (C=O) groups excluding carboxylic acids is 1. The average molecular weight is 324 g/mol. The topological polar surface area (TPSA) is 87.5 Å². The van der Waals surface area contributed by atoms with Gasteiger partial charge in [-0.1, -0.05) is 13.0 Å². The second kappa shape index (κ2) is 7.92. The van der Waals surface area contributed by atoms with E-state index in [2.05, 4.69) is 0 Å². The van der Waals surface area contributed by atoms with E-state index in [9.17, 15) is 13.2 Å². The van der Waals surface area contributed by atoms with Crippen LogP contribution in [0.4, 0.5) is 0 Å². The summed E-state index contributed by atoms with van der Waals surface area (Å²) in [6.45, 7) is 5.21. The number of nitrogens with zero attached hydrogens (tertiary/aromatic N) is 2. The van der Waals surface area contributed by atoms with Crippen LogP contribution in [-0.2, 0) is 19.6 Å². The van der Waals surface area contributed by atoms with Crippen LogP contribution in [0.2, 0.25) is 0 Å². The van der Waals surface area contributed by atoms with Crippen LogP contribution in [0, 0.1) is 18.3 Å². The Morgan fingerprint density at radius 3 is 2.59 bits per heavy atom. The van der Waals surface area contributed by atoms with Crippen molar-refractivity contribution in [2.24, 2.45) is 0 Å². The molecule has 6 nitrogen and oxygen atoms in total. The Kier molecular flexibility index (Phi) is 6.53. The molecule has 1 rings (SSSR count). The quantitative estimate of drug-likeness (QED) is 0.714. The van der Waals surface area contributed by atoms with Crippen molar-refractivity contribution in [2.45, 2.75) is 32.1 Å². The zero-order chi connectivity index (χ0) is 16.8. The number of hydrogen-bond acceptors (Lipinski definition) is 5. The predicted molar refractivity (Wildman–Crippen MR) is 81.6 cm³/mol. The van der Waals surface area contributed by atoms with E-state index in [1.54, 1.807) is 26.0 Å². The predicted octanol–water partition coefficient (Wildman–Crippen LogP) is 1.83. The molecule has 7 heteroatoms. The summed E-state index contributed by atoms with van der Waals surface area (Å²) < 4.78 is 31.4. The highest BCUT2D eigenvalue weighted by atomic mass is 32.2. The molecule has 1 aromatic rings. The second-order valence-corrected chi connectivity index (χ2v) is 6.64. The van der Waals surface area contributed by atoms with Crippen molar-refractivity contribution < 1.29 is 17.9 Å². The van der Waals surface area contributed by atoms with Gasteiger partial charge in [-0.25, -0.2) is 8.42 Å². The number of esters is 1. The molecule has 0 saturated heterocycles. The summed E-state index contributed by atoms with van der Waals surface area (Å²) in [5, 5.41) is 8.94. The minimum absolute atomic E-state index is 0.0456. The van der Waals surface area contributed by atoms with E-state index in [1.807, 2.05) is 13.0 Å². The Morgan fingerprint density at radius 1 is 1.36 bits per heavy atom. The summed E-state index contributed by atoms with van der Waals surface area (Å²) in [5.41, 5.74) is 0.792. The number of ether oxygens (including phenoxy) is 1. The lowest BCUT2D eigenvalue weighted by molar-refractivity contribution is -0.143. The second-order valence-electron chi connectivity index (χ2n) is 4.74. The number of aryl methyl sites for hydroxylation is 1. The molecule has 0 aromatic heterocycles. The van der Waals surface area contributed by atoms with Crippen molar-refractivity contribution in [3.05, 3.63) is 29.3 Å². The highest BCUT2D eigenvalue weighted by Crippen LogP contribution is 2.21. The van der Waals surface area contributed by atoms with Crippen LogP contribution in [0.15, 0.2) is 23.1 Å². The Hall–Kier alpha value is -1.91. The first-order chi connectivity index (χ1) is 10.4. The molecule has 0 spiro atoms. The SMILES string of the molecule is CCCN(CC(=O)OCC)S(=O)(=O)c1cc(C#N)ccc1C. The lowest BCUT2D eigenvalue weighted by Crippen LogP contribution is -2.37. The number of carbonyl (C=O) groups is 1. The van der Waals surface area contributed by atoms with Crippen LogP contribution in [0.3, 0.4) is 0 Å². The van der Waals surface area contributed by atoms with Crippen LogP contribution in [0.1, 0.15) is 31.4 Å². The molecule has 120 valence electrons. The standard InChI is InChI=1S/C15H20N2O4S/c1-4-8-17(11-15(18)21-5-2)22(19,20)14-9-13(10-16)7-6-12(14)3/h6-7,9H,4-5,8,11H2,1-3H3. The average Bonchev–Trinajstić information content (AvgIpc) is 2.47. The summed E-state index contributed by atoms with van der Waals surface area (Å²) in [7, 11) is -3.86. The zero-order valence-electron chi connectivity index (χ0n) is 13.0. The molecule has 0 aliphatic carbocycles. The molecular formula is C15H20N2O4S. The maximum atomic E-state index is 12.8. The lowest BCUT2D eigenvalue weighted by atomic mass is 10.2. The fraction of sp³-hybridized carbons (Fsp3) is 0.467. The Bertz CT molecular complexity index is 677. The minimum Gasteiger partial charge on any atom is -0.465 e. The van der Waals surface area contributed by atoms with Gasteiger partial charge >= 0.3 is 5.97 Å². The van der Waals surface area contributed by atoms with E-state index in [0.29, 0.717) is 12.0 Å². The molecule has 0 aliphatic heterocycles. The van der Waals surface area contributed by atoms with Gasteiger partial charge in [-0.15, -0.1) is 0 Å². The Labute approximate surface area is 131 Å². The van der Waals surface area contributed by atoms with Gasteiger partial charge in [0.2, 0.25) is 10.0 Å². The van der Waals surface area contributed by atoms with Gasteiger partial charge in [0.15, 0.2) is 0 Å². The van der Waals surface area contributed by atoms with Gasteiger partial charge in [-0.2, -0.15) is 9.57 Å². The molecule has 0 amide bonds. The van der Waals surface area contributed by atoms with Gasteiger partial charge < -0.3 is 4.74 Å². The summed E-state index contributed by atoms with van der Waals surface area (Å²) >= 11 is 0. The number of benzene rings is 1. The Morgan fingerprint density at radius 2 is 2.05 bits per heavy atom. The third kappa shape index (κ3) is 4.29. The van der Waals surface area contributed by atoms with Crippen LogP contribution in [-0.4, -0.2) is 38.4 Å². The number of nitriles is 1. The fourth-order valence-corrected chi connectivity index (χ4v) is 3.70. The summed E-state index contributed by atoms with van der Waals surface area (Å²) in [4.78, 5) is 11.7. The molecule has 0 radical (unpaired) electrons. The molecule has 0 bridgehead atoms. The van der Waals surface area contributed by atoms with E-state index >= 15 is 0 Å². The van der Waals surface area contributed by atoms with E-state index in [-0.39, 0.29) is 30.2 Å². The van der Waals surface area contributed by atoms with Crippen molar-refractivity contribution in [3.63, 3.8) is 0 Å². The molecule has 0 N–H and O–H groups in total. The normalized spacial score (nSPS) is 11.2. The largest absolute Gasteiger partial charge is 0.465 e. The minimum atomic E-state index is -3.86. The van der Waals surface area contributed by atoms with Gasteiger partial charge in [0.25, 0.3) is 0 Å². The molecule has 0 heterocycles. The van der Waals surface area contributed by atoms with Crippen molar-refractivity contribution in [2.75, 3.05) is 19.7 Å². The maximum Gasteiger partial charge on any atom is 0.321 e. The number of rotatable bonds is 7. The first-order valence-corrected chi connectivity index (χ1v) is 8.47. The third-order valence-corrected chi connectivity index (χ3v) is 5.01. The van der Waals surface area contributed by atoms with Crippen LogP contribution >= 0.6 is 0 Å². The van der Waals surface area contributed by atoms with Gasteiger partial charge in [0.1, 0.15) is 6.54 Å². The summed E-state index contributed by atoms with van der Waals surface area (Å²) in [6, 6.07) is 6.40. The van der Waals surface area contributed by atoms with Crippen molar-refractivity contribution >= 4 is 16.0 Å². The van der Waals surface area contributed by atoms with Gasteiger partial charge in [0, 0.05) is 6.54 Å². The van der Waals surface area contributed by atoms with Crippen LogP contribution in [0.5, 0.6) is 0 Å². The molecular weight excluding hydrogens is 304 g/mol. The highest BCUT2D eigenvalue weighted by molar-refractivity contribution is 7.89. The van der Waals surface area contributed by atoms with E-state index in [1.165, 1.54) is 6.07 Å². The van der Waals surface area contributed by atoms with Crippen molar-refractivity contribution in [3.8, 4) is 6.07 Å². The van der Waals surface area contributed by atoms with Gasteiger partial charge in [0.05, 0.1) is 23.1 Å². The van der Waals surface area contributed by atoms with Gasteiger partial charge in [-0.05, 0) is 38.0 Å². The Balaban J connectivity index is 3.22. The molecule has 0 aliphatic rings. The lowest BCUT2D eigenvalue weighted by Gasteiger charge is -2.21. The number of sulfonamides is 1. The van der Waals surface area contributed by atoms with Gasteiger partial charge in [-0.3, -0.25) is 4.79 Å².